The molecule has 5 N–H and O–H groups in total. The molecular weight excluding hydrogens is 368 g/mol. The molecule has 150 valence electrons. The fraction of sp³-hybridized carbons (Fsp3) is 0.579. The van der Waals surface area contributed by atoms with Crippen LogP contribution in [0.3, 0.4) is 0 Å². The molecule has 2 amide bonds. The van der Waals surface area contributed by atoms with Gasteiger partial charge in [-0.05, 0) is 56.2 Å². The van der Waals surface area contributed by atoms with Crippen molar-refractivity contribution < 1.29 is 14.3 Å². The second-order valence-corrected chi connectivity index (χ2v) is 7.11. The first-order chi connectivity index (χ1) is 12.6. The maximum absolute atomic E-state index is 12.5. The van der Waals surface area contributed by atoms with Crippen molar-refractivity contribution in [3.63, 3.8) is 0 Å². The molecule has 27 heavy (non-hydrogen) atoms. The maximum atomic E-state index is 12.5. The van der Waals surface area contributed by atoms with Crippen LogP contribution in [0.15, 0.2) is 18.2 Å². The summed E-state index contributed by atoms with van der Waals surface area (Å²) < 4.78 is 5.33. The first kappa shape index (κ1) is 21.5. The third-order valence-electron chi connectivity index (χ3n) is 5.30. The number of amides is 2. The summed E-state index contributed by atoms with van der Waals surface area (Å²) >= 11 is 0. The Bertz CT molecular complexity index is 658. The van der Waals surface area contributed by atoms with Crippen LogP contribution in [-0.2, 0) is 9.53 Å². The number of piperidine rings is 1. The van der Waals surface area contributed by atoms with Crippen molar-refractivity contribution in [1.82, 2.24) is 0 Å². The van der Waals surface area contributed by atoms with Gasteiger partial charge in [0, 0.05) is 32.0 Å². The number of nitrogens with zero attached hydrogens (tertiary/aromatic N) is 1. The van der Waals surface area contributed by atoms with Crippen LogP contribution in [0.5, 0.6) is 0 Å². The molecule has 0 aromatic heterocycles. The largest absolute Gasteiger partial charge is 0.381 e. The summed E-state index contributed by atoms with van der Waals surface area (Å²) in [6.45, 7) is 3.08. The lowest BCUT2D eigenvalue weighted by Crippen LogP contribution is -2.44. The predicted octanol–water partition coefficient (Wildman–Crippen LogP) is 1.89. The smallest absolute Gasteiger partial charge is 0.250 e. The van der Waals surface area contributed by atoms with E-state index in [2.05, 4.69) is 10.2 Å². The zero-order valence-corrected chi connectivity index (χ0v) is 16.3. The Morgan fingerprint density at radius 3 is 2.44 bits per heavy atom. The molecule has 7 nitrogen and oxygen atoms in total. The summed E-state index contributed by atoms with van der Waals surface area (Å²) in [6, 6.07) is 4.66. The average Bonchev–Trinajstić information content (AvgIpc) is 2.68. The van der Waals surface area contributed by atoms with E-state index in [0.29, 0.717) is 24.5 Å². The van der Waals surface area contributed by atoms with E-state index in [1.165, 1.54) is 6.42 Å². The van der Waals surface area contributed by atoms with Crippen LogP contribution in [0.2, 0.25) is 0 Å². The van der Waals surface area contributed by atoms with Gasteiger partial charge in [-0.2, -0.15) is 0 Å². The van der Waals surface area contributed by atoms with Crippen molar-refractivity contribution in [2.45, 2.75) is 38.1 Å². The number of carbonyl (C=O) groups is 2. The summed E-state index contributed by atoms with van der Waals surface area (Å²) in [4.78, 5) is 26.5. The van der Waals surface area contributed by atoms with Gasteiger partial charge in [-0.3, -0.25) is 9.59 Å². The van der Waals surface area contributed by atoms with Gasteiger partial charge in [-0.15, -0.1) is 12.4 Å². The molecule has 1 atom stereocenters. The number of ether oxygens (including phenoxy) is 1. The highest BCUT2D eigenvalue weighted by Crippen LogP contribution is 2.28. The molecule has 0 radical (unpaired) electrons. The van der Waals surface area contributed by atoms with Gasteiger partial charge < -0.3 is 26.4 Å². The number of nitrogens with two attached hydrogens (primary N) is 2. The molecule has 0 aliphatic carbocycles. The van der Waals surface area contributed by atoms with Gasteiger partial charge in [0.05, 0.1) is 17.3 Å². The lowest BCUT2D eigenvalue weighted by molar-refractivity contribution is -0.119. The third-order valence-corrected chi connectivity index (χ3v) is 5.30. The highest BCUT2D eigenvalue weighted by atomic mass is 35.5. The molecule has 2 aliphatic rings. The van der Waals surface area contributed by atoms with Gasteiger partial charge in [-0.25, -0.2) is 0 Å². The minimum Gasteiger partial charge on any atom is -0.381 e. The molecule has 3 rings (SSSR count). The van der Waals surface area contributed by atoms with E-state index in [9.17, 15) is 9.59 Å². The fourth-order valence-electron chi connectivity index (χ4n) is 3.73. The summed E-state index contributed by atoms with van der Waals surface area (Å²) in [7, 11) is 0. The van der Waals surface area contributed by atoms with Crippen LogP contribution < -0.4 is 21.7 Å². The van der Waals surface area contributed by atoms with Crippen LogP contribution in [0.1, 0.15) is 42.5 Å². The number of halogens is 1. The zero-order valence-electron chi connectivity index (χ0n) is 15.5. The average molecular weight is 397 g/mol. The number of nitrogens with one attached hydrogen (secondary N) is 1. The summed E-state index contributed by atoms with van der Waals surface area (Å²) in [5, 5.41) is 2.90. The number of rotatable bonds is 5. The molecule has 2 saturated heterocycles. The highest BCUT2D eigenvalue weighted by molar-refractivity contribution is 6.01. The quantitative estimate of drug-likeness (QED) is 0.703. The standard InChI is InChI=1S/C19H28N4O3.ClH/c20-17(13-6-10-26-11-7-13)19(25)22-14-4-5-15(18(21)24)16(12-14)23-8-2-1-3-9-23;/h4-5,12-13,17H,1-3,6-11,20H2,(H2,21,24)(H,22,25);1H. The summed E-state index contributed by atoms with van der Waals surface area (Å²) in [6.07, 6.45) is 4.97. The topological polar surface area (TPSA) is 111 Å². The molecule has 8 heteroatoms. The summed E-state index contributed by atoms with van der Waals surface area (Å²) in [5.74, 6) is -0.522. The van der Waals surface area contributed by atoms with E-state index >= 15 is 0 Å². The number of anilines is 2. The molecule has 1 aromatic rings. The molecule has 2 fully saturated rings. The first-order valence-corrected chi connectivity index (χ1v) is 9.39. The van der Waals surface area contributed by atoms with Crippen LogP contribution in [0.25, 0.3) is 0 Å². The van der Waals surface area contributed by atoms with Gasteiger partial charge in [0.2, 0.25) is 5.91 Å². The number of primary amides is 1. The van der Waals surface area contributed by atoms with Crippen LogP contribution >= 0.6 is 12.4 Å². The van der Waals surface area contributed by atoms with E-state index in [0.717, 1.165) is 44.5 Å². The van der Waals surface area contributed by atoms with Crippen molar-refractivity contribution in [1.29, 1.82) is 0 Å². The Hall–Kier alpha value is -1.83. The van der Waals surface area contributed by atoms with E-state index in [-0.39, 0.29) is 24.2 Å². The first-order valence-electron chi connectivity index (χ1n) is 9.39. The summed E-state index contributed by atoms with van der Waals surface area (Å²) in [5.41, 5.74) is 13.6. The van der Waals surface area contributed by atoms with Crippen molar-refractivity contribution in [2.75, 3.05) is 36.5 Å². The van der Waals surface area contributed by atoms with E-state index in [1.807, 2.05) is 6.07 Å². The predicted molar refractivity (Wildman–Crippen MR) is 108 cm³/mol. The molecule has 1 unspecified atom stereocenters. The fourth-order valence-corrected chi connectivity index (χ4v) is 3.73. The molecule has 0 saturated carbocycles. The van der Waals surface area contributed by atoms with Gasteiger partial charge in [0.25, 0.3) is 5.91 Å². The van der Waals surface area contributed by atoms with E-state index < -0.39 is 11.9 Å². The molecule has 0 spiro atoms. The maximum Gasteiger partial charge on any atom is 0.250 e. The molecule has 2 heterocycles. The van der Waals surface area contributed by atoms with Gasteiger partial charge in [0.15, 0.2) is 0 Å². The van der Waals surface area contributed by atoms with Crippen LogP contribution in [0.4, 0.5) is 11.4 Å². The van der Waals surface area contributed by atoms with Crippen LogP contribution in [0, 0.1) is 5.92 Å². The van der Waals surface area contributed by atoms with Crippen molar-refractivity contribution in [3.05, 3.63) is 23.8 Å². The molecule has 0 bridgehead atoms. The van der Waals surface area contributed by atoms with Crippen LogP contribution in [-0.4, -0.2) is 44.2 Å². The Labute approximate surface area is 166 Å². The minimum absolute atomic E-state index is 0. The number of benzene rings is 1. The SMILES string of the molecule is Cl.NC(=O)c1ccc(NC(=O)C(N)C2CCOCC2)cc1N1CCCCC1. The number of hydrogen-bond acceptors (Lipinski definition) is 5. The Morgan fingerprint density at radius 1 is 1.15 bits per heavy atom. The zero-order chi connectivity index (χ0) is 18.5. The van der Waals surface area contributed by atoms with Gasteiger partial charge in [0.1, 0.15) is 0 Å². The van der Waals surface area contributed by atoms with Crippen molar-refractivity contribution in [2.24, 2.45) is 17.4 Å². The second kappa shape index (κ2) is 9.92. The Balaban J connectivity index is 0.00000261. The Kier molecular flexibility index (Phi) is 7.89. The van der Waals surface area contributed by atoms with Gasteiger partial charge in [-0.1, -0.05) is 0 Å². The van der Waals surface area contributed by atoms with Crippen molar-refractivity contribution in [3.8, 4) is 0 Å². The second-order valence-electron chi connectivity index (χ2n) is 7.11. The van der Waals surface area contributed by atoms with E-state index in [1.54, 1.807) is 12.1 Å². The third kappa shape index (κ3) is 5.34. The van der Waals surface area contributed by atoms with Gasteiger partial charge >= 0.3 is 0 Å². The normalized spacial score (nSPS) is 19.1. The lowest BCUT2D eigenvalue weighted by atomic mass is 9.92. The molecular formula is C19H29ClN4O3. The minimum atomic E-state index is -0.562. The molecule has 1 aromatic carbocycles. The number of carbonyl (C=O) groups excluding carboxylic acids is 2. The highest BCUT2D eigenvalue weighted by Gasteiger charge is 2.27. The van der Waals surface area contributed by atoms with Crippen molar-refractivity contribution >= 4 is 35.6 Å². The van der Waals surface area contributed by atoms with E-state index in [4.69, 9.17) is 16.2 Å². The lowest BCUT2D eigenvalue weighted by Gasteiger charge is -2.30. The number of hydrogen-bond donors (Lipinski definition) is 3. The monoisotopic (exact) mass is 396 g/mol. The molecule has 2 aliphatic heterocycles. The Morgan fingerprint density at radius 2 is 1.81 bits per heavy atom.